The highest BCUT2D eigenvalue weighted by molar-refractivity contribution is 6.01. The molecule has 1 aliphatic rings. The average molecular weight is 440 g/mol. The number of piperazine rings is 1. The Labute approximate surface area is 174 Å². The van der Waals surface area contributed by atoms with Gasteiger partial charge < -0.3 is 9.26 Å². The van der Waals surface area contributed by atoms with E-state index in [4.69, 9.17) is 4.74 Å². The standard InChI is InChI=1S/C19H19F3N4O5/c1-18(2,3)30-17(29)25-9-13(27)26(14(28)10-25)8-11-4-6-12(7-5-11)15-23-16(31-24-15)19(20,21)22/h4-7H,8-10H2,1-3H3. The lowest BCUT2D eigenvalue weighted by molar-refractivity contribution is -0.159. The molecule has 0 unspecified atom stereocenters. The van der Waals surface area contributed by atoms with Crippen molar-refractivity contribution in [3.63, 3.8) is 0 Å². The third-order valence-electron chi connectivity index (χ3n) is 4.13. The molecule has 0 aliphatic carbocycles. The molecular weight excluding hydrogens is 421 g/mol. The zero-order chi connectivity index (χ0) is 23.0. The highest BCUT2D eigenvalue weighted by Crippen LogP contribution is 2.29. The molecule has 2 aromatic rings. The minimum absolute atomic E-state index is 0.0554. The van der Waals surface area contributed by atoms with Crippen molar-refractivity contribution in [2.75, 3.05) is 13.1 Å². The molecule has 0 atom stereocenters. The molecule has 3 rings (SSSR count). The van der Waals surface area contributed by atoms with Crippen LogP contribution in [0, 0.1) is 0 Å². The number of carbonyl (C=O) groups is 3. The zero-order valence-corrected chi connectivity index (χ0v) is 16.9. The summed E-state index contributed by atoms with van der Waals surface area (Å²) in [5.41, 5.74) is 0.0628. The van der Waals surface area contributed by atoms with E-state index in [0.717, 1.165) is 9.80 Å². The molecule has 0 spiro atoms. The van der Waals surface area contributed by atoms with Crippen LogP contribution < -0.4 is 0 Å². The van der Waals surface area contributed by atoms with E-state index in [1.54, 1.807) is 20.8 Å². The van der Waals surface area contributed by atoms with Gasteiger partial charge >= 0.3 is 18.2 Å². The van der Waals surface area contributed by atoms with Gasteiger partial charge in [0.2, 0.25) is 17.6 Å². The highest BCUT2D eigenvalue weighted by Gasteiger charge is 2.38. The van der Waals surface area contributed by atoms with Gasteiger partial charge in [-0.1, -0.05) is 29.4 Å². The first-order chi connectivity index (χ1) is 14.3. The van der Waals surface area contributed by atoms with E-state index >= 15 is 0 Å². The third-order valence-corrected chi connectivity index (χ3v) is 4.13. The van der Waals surface area contributed by atoms with Crippen molar-refractivity contribution in [1.82, 2.24) is 19.9 Å². The van der Waals surface area contributed by atoms with Gasteiger partial charge in [0.25, 0.3) is 0 Å². The van der Waals surface area contributed by atoms with Gasteiger partial charge in [-0.05, 0) is 26.3 Å². The average Bonchev–Trinajstić information content (AvgIpc) is 3.14. The number of benzene rings is 1. The summed E-state index contributed by atoms with van der Waals surface area (Å²) < 4.78 is 47.1. The minimum atomic E-state index is -4.74. The van der Waals surface area contributed by atoms with Gasteiger partial charge in [0.1, 0.15) is 18.7 Å². The van der Waals surface area contributed by atoms with E-state index in [1.165, 1.54) is 24.3 Å². The molecule has 0 radical (unpaired) electrons. The van der Waals surface area contributed by atoms with Crippen molar-refractivity contribution in [2.45, 2.75) is 39.1 Å². The van der Waals surface area contributed by atoms with Crippen LogP contribution in [0.25, 0.3) is 11.4 Å². The first-order valence-electron chi connectivity index (χ1n) is 9.15. The molecule has 2 heterocycles. The van der Waals surface area contributed by atoms with E-state index in [9.17, 15) is 27.6 Å². The molecule has 0 bridgehead atoms. The number of carbonyl (C=O) groups excluding carboxylic acids is 3. The van der Waals surface area contributed by atoms with Crippen LogP contribution in [0.1, 0.15) is 32.2 Å². The number of rotatable bonds is 3. The number of hydrogen-bond donors (Lipinski definition) is 0. The second-order valence-corrected chi connectivity index (χ2v) is 7.83. The Kier molecular flexibility index (Phi) is 5.74. The van der Waals surface area contributed by atoms with Crippen molar-refractivity contribution in [1.29, 1.82) is 0 Å². The van der Waals surface area contributed by atoms with E-state index in [-0.39, 0.29) is 31.0 Å². The molecule has 31 heavy (non-hydrogen) atoms. The molecule has 1 saturated heterocycles. The summed E-state index contributed by atoms with van der Waals surface area (Å²) in [5.74, 6) is -2.83. The number of aromatic nitrogens is 2. The monoisotopic (exact) mass is 440 g/mol. The summed E-state index contributed by atoms with van der Waals surface area (Å²) in [4.78, 5) is 42.2. The molecule has 0 saturated carbocycles. The van der Waals surface area contributed by atoms with Gasteiger partial charge in [-0.2, -0.15) is 18.2 Å². The molecule has 12 heteroatoms. The van der Waals surface area contributed by atoms with Crippen LogP contribution in [0.3, 0.4) is 0 Å². The fourth-order valence-corrected chi connectivity index (χ4v) is 2.72. The lowest BCUT2D eigenvalue weighted by Gasteiger charge is -2.33. The Morgan fingerprint density at radius 3 is 2.16 bits per heavy atom. The van der Waals surface area contributed by atoms with Crippen molar-refractivity contribution >= 4 is 17.9 Å². The van der Waals surface area contributed by atoms with Crippen LogP contribution in [0.4, 0.5) is 18.0 Å². The number of amides is 3. The maximum atomic E-state index is 12.6. The molecule has 1 aromatic heterocycles. The SMILES string of the molecule is CC(C)(C)OC(=O)N1CC(=O)N(Cc2ccc(-c3noc(C(F)(F)F)n3)cc2)C(=O)C1. The Morgan fingerprint density at radius 1 is 1.10 bits per heavy atom. The lowest BCUT2D eigenvalue weighted by Crippen LogP contribution is -2.55. The normalized spacial score (nSPS) is 15.4. The summed E-state index contributed by atoms with van der Waals surface area (Å²) in [6.07, 6.45) is -5.50. The van der Waals surface area contributed by atoms with Crippen LogP contribution in [0.5, 0.6) is 0 Å². The summed E-state index contributed by atoms with van der Waals surface area (Å²) in [6, 6.07) is 5.96. The molecule has 1 fully saturated rings. The Morgan fingerprint density at radius 2 is 1.68 bits per heavy atom. The molecule has 166 valence electrons. The van der Waals surface area contributed by atoms with Crippen molar-refractivity contribution in [3.8, 4) is 11.4 Å². The van der Waals surface area contributed by atoms with Gasteiger partial charge in [-0.15, -0.1) is 0 Å². The van der Waals surface area contributed by atoms with Crippen LogP contribution in [-0.2, 0) is 27.0 Å². The number of ether oxygens (including phenoxy) is 1. The number of hydrogen-bond acceptors (Lipinski definition) is 7. The predicted molar refractivity (Wildman–Crippen MR) is 98.1 cm³/mol. The maximum absolute atomic E-state index is 12.6. The van der Waals surface area contributed by atoms with Gasteiger partial charge in [-0.25, -0.2) is 4.79 Å². The topological polar surface area (TPSA) is 106 Å². The fourth-order valence-electron chi connectivity index (χ4n) is 2.72. The molecule has 0 N–H and O–H groups in total. The van der Waals surface area contributed by atoms with Gasteiger partial charge in [-0.3, -0.25) is 19.4 Å². The van der Waals surface area contributed by atoms with Crippen LogP contribution >= 0.6 is 0 Å². The van der Waals surface area contributed by atoms with Crippen LogP contribution in [0.2, 0.25) is 0 Å². The van der Waals surface area contributed by atoms with E-state index in [1.807, 2.05) is 0 Å². The second kappa shape index (κ2) is 8.00. The molecule has 1 aromatic carbocycles. The third kappa shape index (κ3) is 5.38. The number of alkyl halides is 3. The van der Waals surface area contributed by atoms with E-state index in [2.05, 4.69) is 14.7 Å². The molecule has 1 aliphatic heterocycles. The second-order valence-electron chi connectivity index (χ2n) is 7.83. The number of imide groups is 1. The highest BCUT2D eigenvalue weighted by atomic mass is 19.4. The Hall–Kier alpha value is -3.44. The van der Waals surface area contributed by atoms with Gasteiger partial charge in [0, 0.05) is 5.56 Å². The van der Waals surface area contributed by atoms with Crippen molar-refractivity contribution in [2.24, 2.45) is 0 Å². The Balaban J connectivity index is 1.65. The van der Waals surface area contributed by atoms with E-state index in [0.29, 0.717) is 5.56 Å². The summed E-state index contributed by atoms with van der Waals surface area (Å²) >= 11 is 0. The molecular formula is C19H19F3N4O5. The smallest absolute Gasteiger partial charge is 0.444 e. The Bertz CT molecular complexity index is 977. The van der Waals surface area contributed by atoms with Crippen LogP contribution in [0.15, 0.2) is 28.8 Å². The quantitative estimate of drug-likeness (QED) is 0.676. The van der Waals surface area contributed by atoms with Crippen LogP contribution in [-0.4, -0.2) is 56.5 Å². The molecule has 9 nitrogen and oxygen atoms in total. The summed E-state index contributed by atoms with van der Waals surface area (Å²) in [7, 11) is 0. The lowest BCUT2D eigenvalue weighted by atomic mass is 10.1. The van der Waals surface area contributed by atoms with Gasteiger partial charge in [0.05, 0.1) is 6.54 Å². The van der Waals surface area contributed by atoms with E-state index < -0.39 is 35.6 Å². The molecule has 3 amide bonds. The van der Waals surface area contributed by atoms with Gasteiger partial charge in [0.15, 0.2) is 0 Å². The largest absolute Gasteiger partial charge is 0.471 e. The first-order valence-corrected chi connectivity index (χ1v) is 9.15. The summed E-state index contributed by atoms with van der Waals surface area (Å²) in [6.45, 7) is 4.36. The number of nitrogens with zero attached hydrogens (tertiary/aromatic N) is 4. The predicted octanol–water partition coefficient (Wildman–Crippen LogP) is 2.86. The van der Waals surface area contributed by atoms with Crippen molar-refractivity contribution in [3.05, 3.63) is 35.7 Å². The first kappa shape index (κ1) is 22.2. The minimum Gasteiger partial charge on any atom is -0.444 e. The number of halogens is 3. The van der Waals surface area contributed by atoms with Crippen molar-refractivity contribution < 1.29 is 36.8 Å². The maximum Gasteiger partial charge on any atom is 0.471 e. The fraction of sp³-hybridized carbons (Fsp3) is 0.421. The zero-order valence-electron chi connectivity index (χ0n) is 16.9. The summed E-state index contributed by atoms with van der Waals surface area (Å²) in [5, 5.41) is 3.30.